The number of pyridine rings is 1. The van der Waals surface area contributed by atoms with Gasteiger partial charge in [-0.15, -0.1) is 0 Å². The Labute approximate surface area is 131 Å². The van der Waals surface area contributed by atoms with Gasteiger partial charge in [0.2, 0.25) is 0 Å². The van der Waals surface area contributed by atoms with Crippen LogP contribution < -0.4 is 5.49 Å². The van der Waals surface area contributed by atoms with Gasteiger partial charge in [0.15, 0.2) is 0 Å². The number of halogens is 6. The van der Waals surface area contributed by atoms with E-state index in [1.54, 1.807) is 6.92 Å². The first-order valence-corrected chi connectivity index (χ1v) is 6.51. The number of benzene rings is 1. The minimum absolute atomic E-state index is 0.0674. The highest BCUT2D eigenvalue weighted by Gasteiger charge is 2.38. The molecule has 0 saturated heterocycles. The lowest BCUT2D eigenvalue weighted by Gasteiger charge is -2.12. The van der Waals surface area contributed by atoms with Crippen molar-refractivity contribution >= 4 is 5.91 Å². The van der Waals surface area contributed by atoms with Crippen LogP contribution in [0.5, 0.6) is 0 Å². The van der Waals surface area contributed by atoms with Gasteiger partial charge < -0.3 is 4.57 Å². The van der Waals surface area contributed by atoms with Crippen molar-refractivity contribution in [2.75, 3.05) is 0 Å². The molecule has 0 bridgehead atoms. The predicted octanol–water partition coefficient (Wildman–Crippen LogP) is 3.79. The second kappa shape index (κ2) is 6.14. The summed E-state index contributed by atoms with van der Waals surface area (Å²) in [4.78, 5) is 14.0. The molecule has 0 fully saturated rings. The molecular weight excluding hydrogens is 338 g/mol. The van der Waals surface area contributed by atoms with E-state index in [-0.39, 0.29) is 5.69 Å². The average Bonchev–Trinajstić information content (AvgIpc) is 2.47. The summed E-state index contributed by atoms with van der Waals surface area (Å²) < 4.78 is 76.5. The first kappa shape index (κ1) is 17.8. The molecule has 2 aromatic rings. The Bertz CT molecular complexity index is 833. The molecule has 1 aromatic heterocycles. The van der Waals surface area contributed by atoms with Crippen LogP contribution in [0.25, 0.3) is 5.69 Å². The third-order valence-corrected chi connectivity index (χ3v) is 2.99. The van der Waals surface area contributed by atoms with E-state index in [4.69, 9.17) is 0 Å². The molecule has 0 aliphatic rings. The van der Waals surface area contributed by atoms with Crippen molar-refractivity contribution in [3.05, 3.63) is 59.2 Å². The van der Waals surface area contributed by atoms with E-state index in [2.05, 4.69) is 4.99 Å². The van der Waals surface area contributed by atoms with E-state index in [1.807, 2.05) is 0 Å². The smallest absolute Gasteiger partial charge is 0.301 e. The zero-order valence-corrected chi connectivity index (χ0v) is 12.1. The molecule has 1 amide bonds. The zero-order valence-electron chi connectivity index (χ0n) is 12.1. The lowest BCUT2D eigenvalue weighted by atomic mass is 10.2. The van der Waals surface area contributed by atoms with Crippen molar-refractivity contribution < 1.29 is 31.1 Å². The molecule has 9 heteroatoms. The van der Waals surface area contributed by atoms with Crippen LogP contribution in [0.4, 0.5) is 26.3 Å². The zero-order chi connectivity index (χ0) is 18.1. The molecule has 24 heavy (non-hydrogen) atoms. The monoisotopic (exact) mass is 348 g/mol. The summed E-state index contributed by atoms with van der Waals surface area (Å²) in [6.45, 7) is 1.60. The van der Waals surface area contributed by atoms with Crippen molar-refractivity contribution in [3.63, 3.8) is 0 Å². The maximum Gasteiger partial charge on any atom is 0.473 e. The molecule has 0 aliphatic heterocycles. The van der Waals surface area contributed by atoms with Gasteiger partial charge in [-0.05, 0) is 36.8 Å². The molecule has 1 heterocycles. The number of amides is 1. The number of rotatable bonds is 1. The summed E-state index contributed by atoms with van der Waals surface area (Å²) in [7, 11) is 0. The van der Waals surface area contributed by atoms with Crippen molar-refractivity contribution in [2.45, 2.75) is 19.3 Å². The van der Waals surface area contributed by atoms with Gasteiger partial charge >= 0.3 is 18.3 Å². The van der Waals surface area contributed by atoms with Crippen LogP contribution in [0.3, 0.4) is 0 Å². The first-order valence-electron chi connectivity index (χ1n) is 6.51. The first-order chi connectivity index (χ1) is 11.0. The van der Waals surface area contributed by atoms with Crippen molar-refractivity contribution in [3.8, 4) is 5.69 Å². The molecular formula is C15H10F6N2O. The van der Waals surface area contributed by atoms with E-state index in [1.165, 1.54) is 18.3 Å². The standard InChI is InChI=1S/C15H10F6N2O/c1-9-5-6-12(22-13(24)15(19,20)21)23(8-9)11-4-2-3-10(7-11)14(16,17)18/h2-8H,1H3/b22-12+. The topological polar surface area (TPSA) is 34.4 Å². The molecule has 0 radical (unpaired) electrons. The number of carbonyl (C=O) groups excluding carboxylic acids is 1. The molecule has 2 rings (SSSR count). The maximum atomic E-state index is 12.8. The summed E-state index contributed by atoms with van der Waals surface area (Å²) in [6.07, 6.45) is -8.49. The van der Waals surface area contributed by atoms with Crippen LogP contribution in [-0.4, -0.2) is 16.7 Å². The fourth-order valence-corrected chi connectivity index (χ4v) is 1.90. The molecule has 1 aromatic carbocycles. The van der Waals surface area contributed by atoms with Crippen molar-refractivity contribution in [2.24, 2.45) is 4.99 Å². The Kier molecular flexibility index (Phi) is 4.54. The Morgan fingerprint density at radius 3 is 2.29 bits per heavy atom. The van der Waals surface area contributed by atoms with Gasteiger partial charge in [0.1, 0.15) is 5.49 Å². The molecule has 0 saturated carbocycles. The van der Waals surface area contributed by atoms with Crippen molar-refractivity contribution in [1.82, 2.24) is 4.57 Å². The van der Waals surface area contributed by atoms with Crippen LogP contribution in [-0.2, 0) is 11.0 Å². The number of carbonyl (C=O) groups is 1. The van der Waals surface area contributed by atoms with Gasteiger partial charge in [0.05, 0.1) is 5.56 Å². The third kappa shape index (κ3) is 4.03. The van der Waals surface area contributed by atoms with Crippen LogP contribution in [0.1, 0.15) is 11.1 Å². The lowest BCUT2D eigenvalue weighted by molar-refractivity contribution is -0.169. The van der Waals surface area contributed by atoms with E-state index in [9.17, 15) is 31.1 Å². The molecule has 0 unspecified atom stereocenters. The quantitative estimate of drug-likeness (QED) is 0.722. The van der Waals surface area contributed by atoms with Gasteiger partial charge in [-0.2, -0.15) is 31.3 Å². The lowest BCUT2D eigenvalue weighted by Crippen LogP contribution is -2.27. The Morgan fingerprint density at radius 1 is 1.04 bits per heavy atom. The number of aromatic nitrogens is 1. The van der Waals surface area contributed by atoms with Crippen LogP contribution >= 0.6 is 0 Å². The van der Waals surface area contributed by atoms with Gasteiger partial charge in [-0.3, -0.25) is 4.79 Å². The van der Waals surface area contributed by atoms with Gasteiger partial charge in [-0.1, -0.05) is 12.1 Å². The molecule has 0 spiro atoms. The summed E-state index contributed by atoms with van der Waals surface area (Å²) in [5.41, 5.74) is -0.905. The highest BCUT2D eigenvalue weighted by molar-refractivity contribution is 5.82. The second-order valence-corrected chi connectivity index (χ2v) is 4.90. The second-order valence-electron chi connectivity index (χ2n) is 4.90. The molecule has 0 atom stereocenters. The van der Waals surface area contributed by atoms with Gasteiger partial charge in [-0.25, -0.2) is 0 Å². The average molecular weight is 348 g/mol. The Morgan fingerprint density at radius 2 is 1.71 bits per heavy atom. The normalized spacial score (nSPS) is 13.2. The van der Waals surface area contributed by atoms with Gasteiger partial charge in [0.25, 0.3) is 0 Å². The van der Waals surface area contributed by atoms with E-state index in [0.29, 0.717) is 5.56 Å². The third-order valence-electron chi connectivity index (χ3n) is 2.99. The van der Waals surface area contributed by atoms with E-state index in [0.717, 1.165) is 28.8 Å². The van der Waals surface area contributed by atoms with Crippen molar-refractivity contribution in [1.29, 1.82) is 0 Å². The summed E-state index contributed by atoms with van der Waals surface area (Å²) in [5, 5.41) is 0. The van der Waals surface area contributed by atoms with E-state index >= 15 is 0 Å². The Hall–Kier alpha value is -2.58. The number of nitrogens with zero attached hydrogens (tertiary/aromatic N) is 2. The number of aryl methyl sites for hydroxylation is 1. The molecule has 0 aliphatic carbocycles. The van der Waals surface area contributed by atoms with Crippen LogP contribution in [0.2, 0.25) is 0 Å². The summed E-state index contributed by atoms with van der Waals surface area (Å²) in [5.74, 6) is -2.34. The van der Waals surface area contributed by atoms with Gasteiger partial charge in [0, 0.05) is 11.9 Å². The molecule has 0 N–H and O–H groups in total. The van der Waals surface area contributed by atoms with Crippen LogP contribution in [0, 0.1) is 6.92 Å². The Balaban J connectivity index is 2.65. The predicted molar refractivity (Wildman–Crippen MR) is 72.1 cm³/mol. The summed E-state index contributed by atoms with van der Waals surface area (Å²) in [6, 6.07) is 6.49. The fourth-order valence-electron chi connectivity index (χ4n) is 1.90. The largest absolute Gasteiger partial charge is 0.473 e. The number of hydrogen-bond acceptors (Lipinski definition) is 1. The van der Waals surface area contributed by atoms with Crippen LogP contribution in [0.15, 0.2) is 47.6 Å². The number of hydrogen-bond donors (Lipinski definition) is 0. The number of alkyl halides is 6. The summed E-state index contributed by atoms with van der Waals surface area (Å²) >= 11 is 0. The highest BCUT2D eigenvalue weighted by atomic mass is 19.4. The van der Waals surface area contributed by atoms with E-state index < -0.39 is 29.3 Å². The molecule has 128 valence electrons. The fraction of sp³-hybridized carbons (Fsp3) is 0.200. The minimum atomic E-state index is -5.17. The minimum Gasteiger partial charge on any atom is -0.301 e. The molecule has 3 nitrogen and oxygen atoms in total. The highest BCUT2D eigenvalue weighted by Crippen LogP contribution is 2.30. The maximum absolute atomic E-state index is 12.8. The SMILES string of the molecule is Cc1cc/c(=N\C(=O)C(F)(F)F)n(-c2cccc(C(F)(F)F)c2)c1.